The van der Waals surface area contributed by atoms with E-state index in [4.69, 9.17) is 0 Å². The predicted molar refractivity (Wildman–Crippen MR) is 260 cm³/mol. The van der Waals surface area contributed by atoms with Crippen LogP contribution in [0.4, 0.5) is 26.3 Å². The maximum atomic E-state index is 13.2. The topological polar surface area (TPSA) is 201 Å². The van der Waals surface area contributed by atoms with Gasteiger partial charge in [0, 0.05) is 50.0 Å². The maximum absolute atomic E-state index is 13.2. The third-order valence-electron chi connectivity index (χ3n) is 11.9. The summed E-state index contributed by atoms with van der Waals surface area (Å²) in [5.41, 5.74) is -12.1. The third kappa shape index (κ3) is 9.27. The van der Waals surface area contributed by atoms with Crippen LogP contribution in [-0.2, 0) is 59.6 Å². The van der Waals surface area contributed by atoms with Crippen molar-refractivity contribution in [2.75, 3.05) is 0 Å². The van der Waals surface area contributed by atoms with Crippen molar-refractivity contribution in [3.05, 3.63) is 187 Å². The van der Waals surface area contributed by atoms with Crippen LogP contribution in [0.3, 0.4) is 0 Å². The van der Waals surface area contributed by atoms with E-state index in [9.17, 15) is 58.1 Å². The molecule has 0 saturated heterocycles. The zero-order valence-corrected chi connectivity index (χ0v) is 39.6. The molecular weight excluding hydrogens is 1010 g/mol. The molecule has 0 spiro atoms. The second-order valence-electron chi connectivity index (χ2n) is 16.4. The van der Waals surface area contributed by atoms with E-state index in [2.05, 4.69) is 20.2 Å². The molecule has 0 saturated carbocycles. The van der Waals surface area contributed by atoms with Crippen molar-refractivity contribution in [2.45, 2.75) is 35.9 Å². The van der Waals surface area contributed by atoms with Gasteiger partial charge in [0.2, 0.25) is 0 Å². The normalized spacial score (nSPS) is 12.7. The summed E-state index contributed by atoms with van der Waals surface area (Å²) in [5, 5.41) is 12.3. The summed E-state index contributed by atoms with van der Waals surface area (Å²) in [5.74, 6) is -2.91. The fourth-order valence-corrected chi connectivity index (χ4v) is 9.74. The summed E-state index contributed by atoms with van der Waals surface area (Å²) in [4.78, 5) is 60.1. The number of nitrogens with zero attached hydrogens (tertiary/aromatic N) is 10. The Morgan fingerprint density at radius 1 is 0.548 bits per heavy atom. The van der Waals surface area contributed by atoms with Gasteiger partial charge in [-0.1, -0.05) is 84.9 Å². The molecule has 4 aromatic carbocycles. The molecule has 10 aromatic rings. The van der Waals surface area contributed by atoms with Gasteiger partial charge in [0.25, 0.3) is 21.0 Å². The van der Waals surface area contributed by atoms with Gasteiger partial charge in [-0.25, -0.2) is 22.2 Å². The number of aromatic nitrogens is 10. The molecule has 374 valence electrons. The van der Waals surface area contributed by atoms with Crippen molar-refractivity contribution in [1.29, 1.82) is 0 Å². The fraction of sp³-hybridized carbons (Fsp3) is 0.167. The van der Waals surface area contributed by atoms with Crippen LogP contribution in [0, 0.1) is 0 Å². The molecule has 10 rings (SSSR count). The number of pyridine rings is 2. The molecule has 0 aliphatic carbocycles. The van der Waals surface area contributed by atoms with Gasteiger partial charge in [-0.2, -0.15) is 36.5 Å². The van der Waals surface area contributed by atoms with Crippen LogP contribution in [0.2, 0.25) is 0 Å². The molecule has 17 nitrogen and oxygen atoms in total. The van der Waals surface area contributed by atoms with E-state index in [0.717, 1.165) is 46.8 Å². The molecule has 0 fully saturated rings. The van der Waals surface area contributed by atoms with Crippen LogP contribution in [0.5, 0.6) is 0 Å². The molecule has 73 heavy (non-hydrogen) atoms. The molecule has 0 aliphatic rings. The van der Waals surface area contributed by atoms with Gasteiger partial charge in [-0.05, 0) is 56.9 Å². The van der Waals surface area contributed by atoms with Crippen molar-refractivity contribution < 1.29 is 39.0 Å². The fourth-order valence-electron chi connectivity index (χ4n) is 8.41. The molecular formula is C48H36F6N10O7S2. The quantitative estimate of drug-likeness (QED) is 0.137. The number of benzene rings is 4. The number of halogens is 6. The van der Waals surface area contributed by atoms with Gasteiger partial charge >= 0.3 is 22.4 Å². The largest absolute Gasteiger partial charge is 0.499 e. The second kappa shape index (κ2) is 19.0. The zero-order valence-electron chi connectivity index (χ0n) is 37.9. The third-order valence-corrected chi connectivity index (χ3v) is 14.2. The van der Waals surface area contributed by atoms with Crippen LogP contribution in [0.25, 0.3) is 66.1 Å². The van der Waals surface area contributed by atoms with Gasteiger partial charge in [0.15, 0.2) is 11.3 Å². The minimum absolute atomic E-state index is 0.0530. The zero-order chi connectivity index (χ0) is 52.1. The molecule has 1 atom stereocenters. The Morgan fingerprint density at radius 2 is 0.945 bits per heavy atom. The first-order valence-corrected chi connectivity index (χ1v) is 24.5. The molecule has 0 bridgehead atoms. The highest BCUT2D eigenvalue weighted by atomic mass is 32.2. The number of fused-ring (bicyclic) bond motifs is 4. The lowest BCUT2D eigenvalue weighted by atomic mass is 10.0. The maximum Gasteiger partial charge on any atom is 0.499 e. The lowest BCUT2D eigenvalue weighted by Gasteiger charge is -2.11. The van der Waals surface area contributed by atoms with Crippen molar-refractivity contribution in [3.63, 3.8) is 0 Å². The molecule has 6 aromatic heterocycles. The summed E-state index contributed by atoms with van der Waals surface area (Å²) in [6.07, 6.45) is 5.95. The lowest BCUT2D eigenvalue weighted by Crippen LogP contribution is -2.41. The monoisotopic (exact) mass is 1040 g/mol. The smallest absolute Gasteiger partial charge is 0.268 e. The molecule has 0 radical (unpaired) electrons. The summed E-state index contributed by atoms with van der Waals surface area (Å²) < 4.78 is 120. The summed E-state index contributed by atoms with van der Waals surface area (Å²) in [6, 6.07) is 32.9. The first kappa shape index (κ1) is 49.7. The number of hydrogen-bond acceptors (Lipinski definition) is 11. The molecule has 0 N–H and O–H groups in total. The predicted octanol–water partition coefficient (Wildman–Crippen LogP) is 6.44. The van der Waals surface area contributed by atoms with E-state index >= 15 is 0 Å². The Kier molecular flexibility index (Phi) is 12.9. The van der Waals surface area contributed by atoms with Crippen LogP contribution in [-0.4, -0.2) is 71.4 Å². The second-order valence-corrected chi connectivity index (χ2v) is 19.8. The van der Waals surface area contributed by atoms with Gasteiger partial charge in [-0.15, -0.1) is 0 Å². The Morgan fingerprint density at radius 3 is 1.37 bits per heavy atom. The number of sulfone groups is 1. The van der Waals surface area contributed by atoms with Crippen LogP contribution < -0.4 is 22.5 Å². The molecule has 25 heteroatoms. The van der Waals surface area contributed by atoms with E-state index in [1.165, 1.54) is 34.2 Å². The molecule has 1 unspecified atom stereocenters. The van der Waals surface area contributed by atoms with Crippen molar-refractivity contribution in [1.82, 2.24) is 47.8 Å². The SMILES string of the molecule is Cn1c(=O)c2c(-c3ccncc3)n(Cc3cccc4ccccc34)nc2n(CS(=O)(=O)C(F)(F)F)c1=O.Cn1c(=O)c2c(-c3ccncc3)n(Cc3cccc4ccccc34)nc2n(CS(=O)C(F)(F)F)c1=O. The van der Waals surface area contributed by atoms with Gasteiger partial charge < -0.3 is 0 Å². The van der Waals surface area contributed by atoms with E-state index in [1.54, 1.807) is 24.3 Å². The number of alkyl halides is 6. The minimum Gasteiger partial charge on any atom is -0.268 e. The van der Waals surface area contributed by atoms with Gasteiger partial charge in [0.05, 0.1) is 24.5 Å². The van der Waals surface area contributed by atoms with E-state index in [1.807, 2.05) is 84.9 Å². The Balaban J connectivity index is 0.000000180. The van der Waals surface area contributed by atoms with Gasteiger partial charge in [0.1, 0.15) is 33.3 Å². The van der Waals surface area contributed by atoms with Crippen LogP contribution in [0.1, 0.15) is 11.1 Å². The Hall–Kier alpha value is -8.32. The highest BCUT2D eigenvalue weighted by molar-refractivity contribution is 7.91. The van der Waals surface area contributed by atoms with Crippen molar-refractivity contribution in [2.24, 2.45) is 14.1 Å². The summed E-state index contributed by atoms with van der Waals surface area (Å²) in [6.45, 7) is 0.241. The molecule has 0 aliphatic heterocycles. The van der Waals surface area contributed by atoms with E-state index in [0.29, 0.717) is 35.1 Å². The summed E-state index contributed by atoms with van der Waals surface area (Å²) in [7, 11) is -6.91. The van der Waals surface area contributed by atoms with E-state index in [-0.39, 0.29) is 35.2 Å². The van der Waals surface area contributed by atoms with Gasteiger partial charge in [-0.3, -0.25) is 47.2 Å². The van der Waals surface area contributed by atoms with Crippen molar-refractivity contribution in [3.8, 4) is 22.5 Å². The average molecular weight is 1040 g/mol. The summed E-state index contributed by atoms with van der Waals surface area (Å²) >= 11 is 0. The lowest BCUT2D eigenvalue weighted by molar-refractivity contribution is -0.0443. The minimum atomic E-state index is -5.76. The first-order valence-electron chi connectivity index (χ1n) is 21.5. The van der Waals surface area contributed by atoms with Crippen LogP contribution in [0.15, 0.2) is 153 Å². The average Bonchev–Trinajstić information content (AvgIpc) is 3.94. The van der Waals surface area contributed by atoms with Crippen molar-refractivity contribution >= 4 is 64.2 Å². The van der Waals surface area contributed by atoms with E-state index < -0.39 is 71.6 Å². The highest BCUT2D eigenvalue weighted by Crippen LogP contribution is 2.32. The highest BCUT2D eigenvalue weighted by Gasteiger charge is 2.46. The number of rotatable bonds is 10. The Labute approximate surface area is 408 Å². The standard InChI is InChI=1S/C24H18F3N5O4S.C24H18F3N5O3S/c1-30-22(33)19-20(16-9-11-28-12-10-16)32(13-17-7-4-6-15-5-2-3-8-18(15)17)29-21(19)31(23(30)34)14-37(35,36)24(25,26)27;1-30-22(33)19-20(16-9-11-28-12-10-16)32(13-17-7-4-6-15-5-2-3-8-18(15)17)29-21(19)31(23(30)34)14-36(35)24(25,26)27/h2-12H,13-14H2,1H3;2-12H,13-14H2,1H3. The first-order chi connectivity index (χ1) is 34.7. The molecule has 0 amide bonds. The van der Waals surface area contributed by atoms with Crippen LogP contribution >= 0.6 is 0 Å². The number of hydrogen-bond donors (Lipinski definition) is 0. The Bertz CT molecular complexity index is 4180. The molecule has 6 heterocycles.